The fourth-order valence-corrected chi connectivity index (χ4v) is 1.22. The van der Waals surface area contributed by atoms with Crippen molar-refractivity contribution < 1.29 is 18.6 Å². The molecule has 0 amide bonds. The van der Waals surface area contributed by atoms with E-state index in [1.54, 1.807) is 6.07 Å². The van der Waals surface area contributed by atoms with Gasteiger partial charge in [0.05, 0.1) is 0 Å². The first kappa shape index (κ1) is 11.7. The van der Waals surface area contributed by atoms with Gasteiger partial charge in [0.25, 0.3) is 0 Å². The lowest BCUT2D eigenvalue weighted by Crippen LogP contribution is -2.03. The molecule has 84 valence electrons. The Morgan fingerprint density at radius 2 is 2.13 bits per heavy atom. The van der Waals surface area contributed by atoms with Crippen molar-refractivity contribution in [2.45, 2.75) is 19.5 Å². The van der Waals surface area contributed by atoms with Crippen LogP contribution in [-0.4, -0.2) is 18.3 Å². The van der Waals surface area contributed by atoms with Crippen LogP contribution in [0.3, 0.4) is 0 Å². The second kappa shape index (κ2) is 5.50. The maximum absolute atomic E-state index is 11.9. The third-order valence-corrected chi connectivity index (χ3v) is 1.91. The molecular weight excluding hydrogens is 204 g/mol. The summed E-state index contributed by atoms with van der Waals surface area (Å²) in [7, 11) is 0. The van der Waals surface area contributed by atoms with E-state index in [0.717, 1.165) is 12.0 Å². The highest BCUT2D eigenvalue weighted by atomic mass is 19.3. The van der Waals surface area contributed by atoms with Crippen LogP contribution in [0.5, 0.6) is 11.5 Å². The maximum Gasteiger partial charge on any atom is 0.387 e. The van der Waals surface area contributed by atoms with E-state index in [-0.39, 0.29) is 11.5 Å². The van der Waals surface area contributed by atoms with Gasteiger partial charge in [0.1, 0.15) is 0 Å². The van der Waals surface area contributed by atoms with Gasteiger partial charge in [-0.3, -0.25) is 0 Å². The first-order valence-electron chi connectivity index (χ1n) is 4.60. The van der Waals surface area contributed by atoms with Gasteiger partial charge in [-0.15, -0.1) is 0 Å². The van der Waals surface area contributed by atoms with Crippen LogP contribution in [0.25, 0.3) is 0 Å². The van der Waals surface area contributed by atoms with Crippen molar-refractivity contribution in [2.24, 2.45) is 5.73 Å². The highest BCUT2D eigenvalue weighted by molar-refractivity contribution is 5.41. The molecule has 1 aromatic rings. The molecule has 1 rings (SSSR count). The topological polar surface area (TPSA) is 55.5 Å². The Morgan fingerprint density at radius 3 is 2.67 bits per heavy atom. The predicted molar refractivity (Wildman–Crippen MR) is 52.1 cm³/mol. The van der Waals surface area contributed by atoms with E-state index in [4.69, 9.17) is 5.73 Å². The van der Waals surface area contributed by atoms with Gasteiger partial charge in [0.2, 0.25) is 0 Å². The van der Waals surface area contributed by atoms with Gasteiger partial charge >= 0.3 is 6.61 Å². The van der Waals surface area contributed by atoms with E-state index in [1.165, 1.54) is 12.1 Å². The Bertz CT molecular complexity index is 318. The number of halogens is 2. The van der Waals surface area contributed by atoms with Gasteiger partial charge in [-0.2, -0.15) is 8.78 Å². The highest BCUT2D eigenvalue weighted by Gasteiger charge is 2.09. The first-order chi connectivity index (χ1) is 7.13. The minimum atomic E-state index is -2.93. The molecule has 0 atom stereocenters. The number of hydrogen-bond acceptors (Lipinski definition) is 3. The summed E-state index contributed by atoms with van der Waals surface area (Å²) in [4.78, 5) is 0. The third-order valence-electron chi connectivity index (χ3n) is 1.91. The molecule has 0 aliphatic rings. The van der Waals surface area contributed by atoms with Crippen LogP contribution in [0.15, 0.2) is 18.2 Å². The number of aromatic hydroxyl groups is 1. The average Bonchev–Trinajstić information content (AvgIpc) is 2.18. The lowest BCUT2D eigenvalue weighted by atomic mass is 10.1. The quantitative estimate of drug-likeness (QED) is 0.791. The van der Waals surface area contributed by atoms with Crippen molar-refractivity contribution in [3.05, 3.63) is 23.8 Å². The van der Waals surface area contributed by atoms with Gasteiger partial charge in [0, 0.05) is 0 Å². The molecule has 5 heteroatoms. The molecule has 1 aromatic carbocycles. The summed E-state index contributed by atoms with van der Waals surface area (Å²) in [5, 5.41) is 9.35. The van der Waals surface area contributed by atoms with Gasteiger partial charge < -0.3 is 15.6 Å². The fourth-order valence-electron chi connectivity index (χ4n) is 1.22. The maximum atomic E-state index is 11.9. The smallest absolute Gasteiger partial charge is 0.387 e. The molecule has 0 aromatic heterocycles. The van der Waals surface area contributed by atoms with E-state index in [2.05, 4.69) is 4.74 Å². The highest BCUT2D eigenvalue weighted by Crippen LogP contribution is 2.28. The van der Waals surface area contributed by atoms with Crippen LogP contribution in [-0.2, 0) is 6.42 Å². The molecule has 0 saturated carbocycles. The lowest BCUT2D eigenvalue weighted by molar-refractivity contribution is -0.0512. The van der Waals surface area contributed by atoms with Crippen LogP contribution in [0.2, 0.25) is 0 Å². The summed E-state index contributed by atoms with van der Waals surface area (Å²) in [5.41, 5.74) is 6.17. The van der Waals surface area contributed by atoms with Gasteiger partial charge in [-0.25, -0.2) is 0 Å². The summed E-state index contributed by atoms with van der Waals surface area (Å²) in [6.07, 6.45) is 1.49. The number of nitrogens with two attached hydrogens (primary N) is 1. The Morgan fingerprint density at radius 1 is 1.40 bits per heavy atom. The lowest BCUT2D eigenvalue weighted by Gasteiger charge is -2.08. The zero-order valence-electron chi connectivity index (χ0n) is 8.12. The van der Waals surface area contributed by atoms with Crippen molar-refractivity contribution in [2.75, 3.05) is 6.54 Å². The van der Waals surface area contributed by atoms with Crippen molar-refractivity contribution in [1.82, 2.24) is 0 Å². The van der Waals surface area contributed by atoms with E-state index >= 15 is 0 Å². The second-order valence-corrected chi connectivity index (χ2v) is 3.07. The van der Waals surface area contributed by atoms with Crippen LogP contribution < -0.4 is 10.5 Å². The van der Waals surface area contributed by atoms with Crippen LogP contribution in [0.4, 0.5) is 8.78 Å². The summed E-state index contributed by atoms with van der Waals surface area (Å²) in [6.45, 7) is -2.37. The monoisotopic (exact) mass is 217 g/mol. The Kier molecular flexibility index (Phi) is 4.30. The van der Waals surface area contributed by atoms with Crippen molar-refractivity contribution in [3.8, 4) is 11.5 Å². The number of phenolic OH excluding ortho intramolecular Hbond substituents is 1. The van der Waals surface area contributed by atoms with E-state index < -0.39 is 6.61 Å². The zero-order valence-corrected chi connectivity index (χ0v) is 8.12. The molecule has 0 saturated heterocycles. The molecule has 3 nitrogen and oxygen atoms in total. The molecule has 15 heavy (non-hydrogen) atoms. The normalized spacial score (nSPS) is 10.7. The molecule has 0 fully saturated rings. The molecule has 0 aliphatic heterocycles. The summed E-state index contributed by atoms with van der Waals surface area (Å²) < 4.78 is 27.8. The zero-order chi connectivity index (χ0) is 11.3. The molecular formula is C10H13F2NO2. The average molecular weight is 217 g/mol. The van der Waals surface area contributed by atoms with Crippen LogP contribution in [0.1, 0.15) is 12.0 Å². The van der Waals surface area contributed by atoms with Crippen molar-refractivity contribution in [3.63, 3.8) is 0 Å². The molecule has 0 spiro atoms. The number of benzene rings is 1. The number of rotatable bonds is 5. The second-order valence-electron chi connectivity index (χ2n) is 3.07. The number of phenols is 1. The molecule has 0 aliphatic carbocycles. The number of aryl methyl sites for hydroxylation is 1. The minimum absolute atomic E-state index is 0.207. The van der Waals surface area contributed by atoms with Crippen LogP contribution >= 0.6 is 0 Å². The van der Waals surface area contributed by atoms with Gasteiger partial charge in [-0.1, -0.05) is 6.07 Å². The molecule has 0 unspecified atom stereocenters. The standard InChI is InChI=1S/C10H13F2NO2/c11-10(12)15-9-4-3-7(2-1-5-13)6-8(9)14/h3-4,6,10,14H,1-2,5,13H2. The Hall–Kier alpha value is -1.36. The molecule has 0 bridgehead atoms. The summed E-state index contributed by atoms with van der Waals surface area (Å²) in [5.74, 6) is -0.480. The SMILES string of the molecule is NCCCc1ccc(OC(F)F)c(O)c1. The van der Waals surface area contributed by atoms with Gasteiger partial charge in [-0.05, 0) is 37.1 Å². The Labute approximate surface area is 86.5 Å². The largest absolute Gasteiger partial charge is 0.504 e. The number of alkyl halides is 2. The van der Waals surface area contributed by atoms with Crippen LogP contribution in [0, 0.1) is 0 Å². The van der Waals surface area contributed by atoms with E-state index in [0.29, 0.717) is 13.0 Å². The molecule has 0 heterocycles. The third kappa shape index (κ3) is 3.71. The minimum Gasteiger partial charge on any atom is -0.504 e. The van der Waals surface area contributed by atoms with Gasteiger partial charge in [0.15, 0.2) is 11.5 Å². The number of ether oxygens (including phenoxy) is 1. The predicted octanol–water partition coefficient (Wildman–Crippen LogP) is 1.88. The molecule has 3 N–H and O–H groups in total. The Balaban J connectivity index is 2.70. The van der Waals surface area contributed by atoms with E-state index in [9.17, 15) is 13.9 Å². The molecule has 0 radical (unpaired) electrons. The van der Waals surface area contributed by atoms with Crippen molar-refractivity contribution >= 4 is 0 Å². The first-order valence-corrected chi connectivity index (χ1v) is 4.60. The fraction of sp³-hybridized carbons (Fsp3) is 0.400. The van der Waals surface area contributed by atoms with E-state index in [1.807, 2.05) is 0 Å². The number of hydrogen-bond donors (Lipinski definition) is 2. The summed E-state index contributed by atoms with van der Waals surface area (Å²) in [6, 6.07) is 4.37. The van der Waals surface area contributed by atoms with Crippen molar-refractivity contribution in [1.29, 1.82) is 0 Å². The summed E-state index contributed by atoms with van der Waals surface area (Å²) >= 11 is 0.